The van der Waals surface area contributed by atoms with Crippen molar-refractivity contribution in [1.29, 1.82) is 0 Å². The molecule has 0 spiro atoms. The maximum atomic E-state index is 12.2. The molecule has 6 nitrogen and oxygen atoms in total. The van der Waals surface area contributed by atoms with Crippen molar-refractivity contribution < 1.29 is 22.9 Å². The van der Waals surface area contributed by atoms with Crippen LogP contribution >= 0.6 is 0 Å². The largest absolute Gasteiger partial charge is 0.405 e. The smallest absolute Gasteiger partial charge is 0.343 e. The minimum atomic E-state index is -4.46. The van der Waals surface area contributed by atoms with Gasteiger partial charge in [-0.25, -0.2) is 0 Å². The Morgan fingerprint density at radius 1 is 1.10 bits per heavy atom. The molecule has 29 heavy (non-hydrogen) atoms. The lowest BCUT2D eigenvalue weighted by molar-refractivity contribution is -0.385. The van der Waals surface area contributed by atoms with Crippen LogP contribution in [0.4, 0.5) is 18.9 Å². The van der Waals surface area contributed by atoms with E-state index in [1.165, 1.54) is 18.2 Å². The van der Waals surface area contributed by atoms with Crippen molar-refractivity contribution in [3.8, 4) is 0 Å². The molecule has 0 radical (unpaired) electrons. The second-order valence-corrected chi connectivity index (χ2v) is 7.02. The first kappa shape index (κ1) is 20.8. The Hall–Kier alpha value is -2.94. The molecule has 1 saturated carbocycles. The zero-order valence-electron chi connectivity index (χ0n) is 15.5. The third kappa shape index (κ3) is 6.02. The number of hydrogen-bond donors (Lipinski definition) is 1. The maximum absolute atomic E-state index is 12.2. The predicted octanol–water partition coefficient (Wildman–Crippen LogP) is 4.05. The summed E-state index contributed by atoms with van der Waals surface area (Å²) in [6.45, 7) is -0.421. The van der Waals surface area contributed by atoms with E-state index in [0.717, 1.165) is 18.4 Å². The molecule has 2 aromatic rings. The first-order chi connectivity index (χ1) is 13.7. The van der Waals surface area contributed by atoms with Crippen molar-refractivity contribution in [3.63, 3.8) is 0 Å². The molecule has 0 unspecified atom stereocenters. The molecular formula is C20H20F3N3O3. The highest BCUT2D eigenvalue weighted by Gasteiger charge is 2.30. The van der Waals surface area contributed by atoms with Crippen molar-refractivity contribution in [3.05, 3.63) is 75.3 Å². The molecule has 3 rings (SSSR count). The molecule has 1 amide bonds. The Morgan fingerprint density at radius 2 is 1.76 bits per heavy atom. The van der Waals surface area contributed by atoms with Crippen LogP contribution in [0.25, 0.3) is 0 Å². The zero-order chi connectivity index (χ0) is 21.0. The molecule has 9 heteroatoms. The summed E-state index contributed by atoms with van der Waals surface area (Å²) in [4.78, 5) is 24.8. The summed E-state index contributed by atoms with van der Waals surface area (Å²) < 4.78 is 36.6. The van der Waals surface area contributed by atoms with Gasteiger partial charge in [0.25, 0.3) is 11.6 Å². The lowest BCUT2D eigenvalue weighted by Gasteiger charge is -2.22. The van der Waals surface area contributed by atoms with Crippen LogP contribution in [0.1, 0.15) is 34.3 Å². The van der Waals surface area contributed by atoms with Gasteiger partial charge in [0.2, 0.25) is 0 Å². The Bertz CT molecular complexity index is 881. The minimum absolute atomic E-state index is 0.0785. The molecule has 0 heterocycles. The van der Waals surface area contributed by atoms with E-state index in [4.69, 9.17) is 0 Å². The van der Waals surface area contributed by atoms with Gasteiger partial charge in [-0.2, -0.15) is 13.2 Å². The second-order valence-electron chi connectivity index (χ2n) is 7.02. The topological polar surface area (TPSA) is 75.5 Å². The number of carbonyl (C=O) groups excluding carboxylic acids is 1. The van der Waals surface area contributed by atoms with Crippen LogP contribution in [0, 0.1) is 10.1 Å². The standard InChI is InChI=1S/C20H20F3N3O3/c21-20(22,23)13-24-19(27)15-7-5-14(6-8-15)11-25(17-9-10-17)12-16-3-1-2-4-18(16)26(28)29/h1-8,17H,9-13H2,(H,24,27). The van der Waals surface area contributed by atoms with Gasteiger partial charge in [0, 0.05) is 36.3 Å². The fourth-order valence-electron chi connectivity index (χ4n) is 3.07. The number of benzene rings is 2. The number of rotatable bonds is 8. The Balaban J connectivity index is 1.66. The lowest BCUT2D eigenvalue weighted by atomic mass is 10.1. The summed E-state index contributed by atoms with van der Waals surface area (Å²) in [7, 11) is 0. The highest BCUT2D eigenvalue weighted by Crippen LogP contribution is 2.31. The molecule has 154 valence electrons. The van der Waals surface area contributed by atoms with Crippen LogP contribution in [-0.4, -0.2) is 34.5 Å². The van der Waals surface area contributed by atoms with Crippen molar-refractivity contribution in [2.75, 3.05) is 6.54 Å². The van der Waals surface area contributed by atoms with E-state index < -0.39 is 23.6 Å². The van der Waals surface area contributed by atoms with Gasteiger partial charge < -0.3 is 5.32 Å². The fourth-order valence-corrected chi connectivity index (χ4v) is 3.07. The number of hydrogen-bond acceptors (Lipinski definition) is 4. The first-order valence-corrected chi connectivity index (χ1v) is 9.13. The van der Waals surface area contributed by atoms with Gasteiger partial charge in [-0.05, 0) is 30.5 Å². The van der Waals surface area contributed by atoms with Gasteiger partial charge in [0.15, 0.2) is 0 Å². The summed E-state index contributed by atoms with van der Waals surface area (Å²) in [5.74, 6) is -0.784. The molecule has 1 fully saturated rings. The number of halogens is 3. The van der Waals surface area contributed by atoms with Crippen LogP contribution in [0.3, 0.4) is 0 Å². The summed E-state index contributed by atoms with van der Waals surface area (Å²) >= 11 is 0. The molecule has 1 N–H and O–H groups in total. The summed E-state index contributed by atoms with van der Waals surface area (Å²) in [6.07, 6.45) is -2.43. The van der Waals surface area contributed by atoms with Gasteiger partial charge in [0.05, 0.1) is 4.92 Å². The van der Waals surface area contributed by atoms with E-state index in [1.807, 2.05) is 5.32 Å². The van der Waals surface area contributed by atoms with E-state index >= 15 is 0 Å². The van der Waals surface area contributed by atoms with Crippen molar-refractivity contribution in [2.24, 2.45) is 0 Å². The zero-order valence-corrected chi connectivity index (χ0v) is 15.5. The molecule has 2 aromatic carbocycles. The number of nitrogens with zero attached hydrogens (tertiary/aromatic N) is 2. The Kier molecular flexibility index (Phi) is 6.17. The number of amides is 1. The highest BCUT2D eigenvalue weighted by atomic mass is 19.4. The molecule has 0 aromatic heterocycles. The molecule has 0 aliphatic heterocycles. The fraction of sp³-hybridized carbons (Fsp3) is 0.350. The van der Waals surface area contributed by atoms with Crippen molar-refractivity contribution in [1.82, 2.24) is 10.2 Å². The average molecular weight is 407 g/mol. The molecule has 1 aliphatic carbocycles. The SMILES string of the molecule is O=C(NCC(F)(F)F)c1ccc(CN(Cc2ccccc2[N+](=O)[O-])C2CC2)cc1. The van der Waals surface area contributed by atoms with Crippen LogP contribution < -0.4 is 5.32 Å². The van der Waals surface area contributed by atoms with Gasteiger partial charge in [-0.1, -0.05) is 30.3 Å². The molecular weight excluding hydrogens is 387 g/mol. The van der Waals surface area contributed by atoms with Crippen LogP contribution in [0.5, 0.6) is 0 Å². The van der Waals surface area contributed by atoms with E-state index in [1.54, 1.807) is 30.3 Å². The molecule has 0 bridgehead atoms. The van der Waals surface area contributed by atoms with E-state index in [0.29, 0.717) is 24.7 Å². The first-order valence-electron chi connectivity index (χ1n) is 9.13. The number of alkyl halides is 3. The third-order valence-corrected chi connectivity index (χ3v) is 4.68. The monoisotopic (exact) mass is 407 g/mol. The summed E-state index contributed by atoms with van der Waals surface area (Å²) in [6, 6.07) is 13.3. The van der Waals surface area contributed by atoms with E-state index in [-0.39, 0.29) is 11.3 Å². The van der Waals surface area contributed by atoms with Gasteiger partial charge in [-0.3, -0.25) is 19.8 Å². The number of nitro benzene ring substituents is 1. The quantitative estimate of drug-likeness (QED) is 0.529. The lowest BCUT2D eigenvalue weighted by Crippen LogP contribution is -2.33. The van der Waals surface area contributed by atoms with E-state index in [9.17, 15) is 28.1 Å². The average Bonchev–Trinajstić information content (AvgIpc) is 3.51. The summed E-state index contributed by atoms with van der Waals surface area (Å²) in [5, 5.41) is 13.1. The van der Waals surface area contributed by atoms with Gasteiger partial charge in [-0.15, -0.1) is 0 Å². The normalized spacial score (nSPS) is 14.1. The second kappa shape index (κ2) is 8.60. The number of para-hydroxylation sites is 1. The van der Waals surface area contributed by atoms with E-state index in [2.05, 4.69) is 4.90 Å². The Labute approximate surface area is 165 Å². The maximum Gasteiger partial charge on any atom is 0.405 e. The van der Waals surface area contributed by atoms with Gasteiger partial charge in [0.1, 0.15) is 6.54 Å². The number of carbonyl (C=O) groups is 1. The highest BCUT2D eigenvalue weighted by molar-refractivity contribution is 5.94. The number of nitrogens with one attached hydrogen (secondary N) is 1. The van der Waals surface area contributed by atoms with Crippen LogP contribution in [-0.2, 0) is 13.1 Å². The predicted molar refractivity (Wildman–Crippen MR) is 100 cm³/mol. The van der Waals surface area contributed by atoms with Crippen LogP contribution in [0.15, 0.2) is 48.5 Å². The van der Waals surface area contributed by atoms with Crippen LogP contribution in [0.2, 0.25) is 0 Å². The van der Waals surface area contributed by atoms with Crippen molar-refractivity contribution >= 4 is 11.6 Å². The minimum Gasteiger partial charge on any atom is -0.343 e. The molecule has 1 aliphatic rings. The molecule has 0 saturated heterocycles. The third-order valence-electron chi connectivity index (χ3n) is 4.68. The number of nitro groups is 1. The summed E-state index contributed by atoms with van der Waals surface area (Å²) in [5.41, 5.74) is 1.74. The Morgan fingerprint density at radius 3 is 2.34 bits per heavy atom. The molecule has 0 atom stereocenters. The van der Waals surface area contributed by atoms with Crippen molar-refractivity contribution in [2.45, 2.75) is 38.1 Å². The van der Waals surface area contributed by atoms with Gasteiger partial charge >= 0.3 is 6.18 Å².